The highest BCUT2D eigenvalue weighted by molar-refractivity contribution is 5.76. The highest BCUT2D eigenvalue weighted by atomic mass is 16.5. The number of nitrogens with two attached hydrogens (primary N) is 1. The summed E-state index contributed by atoms with van der Waals surface area (Å²) in [5, 5.41) is 0. The second-order valence-electron chi connectivity index (χ2n) is 9.41. The van der Waals surface area contributed by atoms with Crippen LogP contribution in [0.3, 0.4) is 0 Å². The summed E-state index contributed by atoms with van der Waals surface area (Å²) in [6, 6.07) is 0. The van der Waals surface area contributed by atoms with Gasteiger partial charge in [-0.2, -0.15) is 4.98 Å². The number of aromatic nitrogens is 4. The van der Waals surface area contributed by atoms with Crippen molar-refractivity contribution in [2.24, 2.45) is 16.7 Å². The Hall–Kier alpha value is -2.91. The summed E-state index contributed by atoms with van der Waals surface area (Å²) >= 11 is 0. The van der Waals surface area contributed by atoms with Crippen LogP contribution in [-0.4, -0.2) is 44.7 Å². The molecule has 0 aliphatic rings. The summed E-state index contributed by atoms with van der Waals surface area (Å²) in [4.78, 5) is 46.8. The van der Waals surface area contributed by atoms with Crippen molar-refractivity contribution in [1.82, 2.24) is 19.5 Å². The van der Waals surface area contributed by atoms with Gasteiger partial charge in [-0.25, -0.2) is 4.98 Å². The zero-order valence-corrected chi connectivity index (χ0v) is 18.4. The number of hydrogen-bond acceptors (Lipinski definition) is 8. The van der Waals surface area contributed by atoms with Crippen molar-refractivity contribution in [3.63, 3.8) is 0 Å². The molecule has 0 saturated carbocycles. The lowest BCUT2D eigenvalue weighted by atomic mass is 9.97. The maximum atomic E-state index is 12.1. The summed E-state index contributed by atoms with van der Waals surface area (Å²) in [6.45, 7) is 11.3. The van der Waals surface area contributed by atoms with Crippen LogP contribution in [0.25, 0.3) is 11.2 Å². The predicted octanol–water partition coefficient (Wildman–Crippen LogP) is 1.89. The number of nitrogens with zero attached hydrogens (tertiary/aromatic N) is 3. The smallest absolute Gasteiger partial charge is 0.311 e. The Balaban J connectivity index is 2.11. The first-order chi connectivity index (χ1) is 13.8. The number of esters is 2. The minimum Gasteiger partial charge on any atom is -0.465 e. The van der Waals surface area contributed by atoms with Gasteiger partial charge in [0.1, 0.15) is 0 Å². The number of aryl methyl sites for hydroxylation is 1. The maximum absolute atomic E-state index is 12.1. The topological polar surface area (TPSA) is 142 Å². The number of H-pyrrole nitrogens is 1. The van der Waals surface area contributed by atoms with E-state index in [2.05, 4.69) is 15.0 Å². The van der Waals surface area contributed by atoms with Gasteiger partial charge in [0, 0.05) is 12.5 Å². The number of imidazole rings is 1. The van der Waals surface area contributed by atoms with E-state index in [0.29, 0.717) is 18.6 Å². The fourth-order valence-corrected chi connectivity index (χ4v) is 2.49. The molecule has 0 amide bonds. The molecule has 0 unspecified atom stereocenters. The molecule has 0 aliphatic carbocycles. The molecular formula is C20H31N5O5. The number of ether oxygens (including phenoxy) is 2. The van der Waals surface area contributed by atoms with E-state index in [-0.39, 0.29) is 42.5 Å². The largest absolute Gasteiger partial charge is 0.465 e. The van der Waals surface area contributed by atoms with Crippen molar-refractivity contribution < 1.29 is 19.1 Å². The molecule has 0 radical (unpaired) electrons. The highest BCUT2D eigenvalue weighted by Gasteiger charge is 2.27. The second kappa shape index (κ2) is 8.85. The van der Waals surface area contributed by atoms with Gasteiger partial charge in [0.25, 0.3) is 5.56 Å². The van der Waals surface area contributed by atoms with E-state index in [1.54, 1.807) is 46.1 Å². The number of carbonyl (C=O) groups is 2. The van der Waals surface area contributed by atoms with Crippen LogP contribution in [-0.2, 0) is 25.6 Å². The Bertz CT molecular complexity index is 935. The molecule has 0 bridgehead atoms. The molecule has 10 heteroatoms. The molecule has 3 N–H and O–H groups in total. The van der Waals surface area contributed by atoms with Gasteiger partial charge in [-0.05, 0) is 48.0 Å². The molecule has 2 aromatic heterocycles. The zero-order valence-electron chi connectivity index (χ0n) is 18.4. The fourth-order valence-electron chi connectivity index (χ4n) is 2.49. The molecule has 0 aliphatic heterocycles. The number of nitrogens with one attached hydrogen (secondary N) is 1. The Morgan fingerprint density at radius 3 is 2.13 bits per heavy atom. The van der Waals surface area contributed by atoms with E-state index in [1.807, 2.05) is 0 Å². The van der Waals surface area contributed by atoms with E-state index in [1.165, 1.54) is 6.33 Å². The van der Waals surface area contributed by atoms with Crippen molar-refractivity contribution >= 4 is 29.1 Å². The Morgan fingerprint density at radius 2 is 1.63 bits per heavy atom. The van der Waals surface area contributed by atoms with Crippen molar-refractivity contribution in [3.05, 3.63) is 16.7 Å². The van der Waals surface area contributed by atoms with Crippen LogP contribution >= 0.6 is 0 Å². The zero-order chi connectivity index (χ0) is 22.7. The van der Waals surface area contributed by atoms with Crippen molar-refractivity contribution in [1.29, 1.82) is 0 Å². The Morgan fingerprint density at radius 1 is 1.10 bits per heavy atom. The predicted molar refractivity (Wildman–Crippen MR) is 111 cm³/mol. The third kappa shape index (κ3) is 6.04. The molecule has 0 atom stereocenters. The lowest BCUT2D eigenvalue weighted by Crippen LogP contribution is -2.30. The molecule has 2 rings (SSSR count). The standard InChI is InChI=1S/C20H31N5O5/c1-19(2,3)16(27)29-9-12(10-30-17(28)20(4,5)6)7-8-25-11-22-13-14(25)23-18(21)24-15(13)26/h11-12H,7-10H2,1-6H3,(H3,21,23,24,26). The van der Waals surface area contributed by atoms with E-state index in [0.717, 1.165) is 0 Å². The van der Waals surface area contributed by atoms with Crippen LogP contribution in [0, 0.1) is 16.7 Å². The quantitative estimate of drug-likeness (QED) is 0.645. The molecule has 0 spiro atoms. The number of hydrogen-bond donors (Lipinski definition) is 2. The molecule has 0 aromatic carbocycles. The summed E-state index contributed by atoms with van der Waals surface area (Å²) in [6.07, 6.45) is 2.01. The van der Waals surface area contributed by atoms with Gasteiger partial charge in [-0.1, -0.05) is 0 Å². The molecular weight excluding hydrogens is 390 g/mol. The van der Waals surface area contributed by atoms with E-state index >= 15 is 0 Å². The normalized spacial score (nSPS) is 12.4. The fraction of sp³-hybridized carbons (Fsp3) is 0.650. The third-order valence-corrected chi connectivity index (χ3v) is 4.40. The Labute approximate surface area is 175 Å². The SMILES string of the molecule is CC(C)(C)C(=O)OCC(CCn1cnc2c(=O)[nH]c(N)nc21)COC(=O)C(C)(C)C. The molecule has 2 aromatic rings. The van der Waals surface area contributed by atoms with E-state index in [4.69, 9.17) is 15.2 Å². The molecule has 0 fully saturated rings. The lowest BCUT2D eigenvalue weighted by Gasteiger charge is -2.23. The van der Waals surface area contributed by atoms with E-state index < -0.39 is 16.4 Å². The van der Waals surface area contributed by atoms with Gasteiger partial charge in [0.15, 0.2) is 11.2 Å². The van der Waals surface area contributed by atoms with Gasteiger partial charge >= 0.3 is 11.9 Å². The van der Waals surface area contributed by atoms with Gasteiger partial charge in [-0.3, -0.25) is 19.4 Å². The summed E-state index contributed by atoms with van der Waals surface area (Å²) in [5.74, 6) is -0.893. The Kier molecular flexibility index (Phi) is 6.89. The van der Waals surface area contributed by atoms with Crippen molar-refractivity contribution in [2.75, 3.05) is 18.9 Å². The number of rotatable bonds is 7. The first-order valence-corrected chi connectivity index (χ1v) is 9.84. The number of aromatic amines is 1. The van der Waals surface area contributed by atoms with Crippen LogP contribution in [0.4, 0.5) is 5.95 Å². The van der Waals surface area contributed by atoms with Crippen LogP contribution in [0.1, 0.15) is 48.0 Å². The minimum atomic E-state index is -0.629. The van der Waals surface area contributed by atoms with Crippen LogP contribution in [0.15, 0.2) is 11.1 Å². The number of nitrogen functional groups attached to an aromatic ring is 1. The van der Waals surface area contributed by atoms with Crippen molar-refractivity contribution in [2.45, 2.75) is 54.5 Å². The first-order valence-electron chi connectivity index (χ1n) is 9.84. The van der Waals surface area contributed by atoms with Crippen LogP contribution in [0.2, 0.25) is 0 Å². The molecule has 30 heavy (non-hydrogen) atoms. The average Bonchev–Trinajstić information content (AvgIpc) is 3.02. The summed E-state index contributed by atoms with van der Waals surface area (Å²) in [5.41, 5.74) is 4.52. The van der Waals surface area contributed by atoms with Gasteiger partial charge in [0.2, 0.25) is 5.95 Å². The summed E-state index contributed by atoms with van der Waals surface area (Å²) < 4.78 is 12.6. The third-order valence-electron chi connectivity index (χ3n) is 4.40. The minimum absolute atomic E-state index is 0.00372. The van der Waals surface area contributed by atoms with Gasteiger partial charge < -0.3 is 19.8 Å². The van der Waals surface area contributed by atoms with Gasteiger partial charge in [-0.15, -0.1) is 0 Å². The monoisotopic (exact) mass is 421 g/mol. The first kappa shape index (κ1) is 23.4. The second-order valence-corrected chi connectivity index (χ2v) is 9.41. The summed E-state index contributed by atoms with van der Waals surface area (Å²) in [7, 11) is 0. The van der Waals surface area contributed by atoms with Crippen LogP contribution < -0.4 is 11.3 Å². The average molecular weight is 421 g/mol. The molecule has 10 nitrogen and oxygen atoms in total. The number of fused-ring (bicyclic) bond motifs is 1. The lowest BCUT2D eigenvalue weighted by molar-refractivity contribution is -0.158. The van der Waals surface area contributed by atoms with Crippen molar-refractivity contribution in [3.8, 4) is 0 Å². The molecule has 166 valence electrons. The highest BCUT2D eigenvalue weighted by Crippen LogP contribution is 2.20. The maximum Gasteiger partial charge on any atom is 0.311 e. The number of carbonyl (C=O) groups excluding carboxylic acids is 2. The molecule has 0 saturated heterocycles. The number of anilines is 1. The van der Waals surface area contributed by atoms with E-state index in [9.17, 15) is 14.4 Å². The van der Waals surface area contributed by atoms with Crippen LogP contribution in [0.5, 0.6) is 0 Å². The molecule has 2 heterocycles. The van der Waals surface area contributed by atoms with Gasteiger partial charge in [0.05, 0.1) is 30.4 Å².